The zero-order valence-corrected chi connectivity index (χ0v) is 6.63. The van der Waals surface area contributed by atoms with Gasteiger partial charge in [-0.2, -0.15) is 0 Å². The Labute approximate surface area is 66.2 Å². The molecule has 0 amide bonds. The highest BCUT2D eigenvalue weighted by Crippen LogP contribution is 2.48. The highest BCUT2D eigenvalue weighted by atomic mass is 16.4. The Balaban J connectivity index is 2.71. The molecule has 0 aromatic carbocycles. The Morgan fingerprint density at radius 2 is 2.18 bits per heavy atom. The van der Waals surface area contributed by atoms with E-state index in [4.69, 9.17) is 5.11 Å². The number of carboxylic acid groups (broad SMARTS) is 1. The molecule has 1 N–H and O–H groups in total. The summed E-state index contributed by atoms with van der Waals surface area (Å²) in [4.78, 5) is 10.4. The highest BCUT2D eigenvalue weighted by molar-refractivity contribution is 5.86. The summed E-state index contributed by atoms with van der Waals surface area (Å²) in [5.74, 6) is -0.835. The molecular weight excluding hydrogens is 140 g/mol. The fourth-order valence-electron chi connectivity index (χ4n) is 1.04. The van der Waals surface area contributed by atoms with E-state index >= 15 is 0 Å². The third-order valence-electron chi connectivity index (χ3n) is 2.08. The molecule has 2 nitrogen and oxygen atoms in total. The number of aliphatic carboxylic acids is 1. The van der Waals surface area contributed by atoms with E-state index in [-0.39, 0.29) is 5.41 Å². The first-order valence-corrected chi connectivity index (χ1v) is 3.66. The Kier molecular flexibility index (Phi) is 1.85. The van der Waals surface area contributed by atoms with E-state index in [0.29, 0.717) is 5.57 Å². The minimum atomic E-state index is -0.835. The van der Waals surface area contributed by atoms with Gasteiger partial charge in [-0.25, -0.2) is 4.79 Å². The van der Waals surface area contributed by atoms with Crippen LogP contribution in [0.3, 0.4) is 0 Å². The standard InChI is InChI=1S/C9H12O2/c1-3-9(4-5-9)6-7(2)8(10)11/h3,6H,1,4-5H2,2H3,(H,10,11). The van der Waals surface area contributed by atoms with Crippen molar-refractivity contribution in [3.05, 3.63) is 24.3 Å². The van der Waals surface area contributed by atoms with Crippen LogP contribution in [-0.4, -0.2) is 11.1 Å². The summed E-state index contributed by atoms with van der Waals surface area (Å²) in [5.41, 5.74) is 0.435. The third-order valence-corrected chi connectivity index (χ3v) is 2.08. The summed E-state index contributed by atoms with van der Waals surface area (Å²) in [5, 5.41) is 8.57. The molecular formula is C9H12O2. The maximum atomic E-state index is 10.4. The van der Waals surface area contributed by atoms with Crippen molar-refractivity contribution in [1.82, 2.24) is 0 Å². The van der Waals surface area contributed by atoms with Gasteiger partial charge in [-0.05, 0) is 19.8 Å². The predicted molar refractivity (Wildman–Crippen MR) is 43.3 cm³/mol. The van der Waals surface area contributed by atoms with Crippen LogP contribution in [0.15, 0.2) is 24.3 Å². The lowest BCUT2D eigenvalue weighted by Crippen LogP contribution is -1.99. The van der Waals surface area contributed by atoms with Crippen molar-refractivity contribution in [3.63, 3.8) is 0 Å². The van der Waals surface area contributed by atoms with Crippen LogP contribution >= 0.6 is 0 Å². The van der Waals surface area contributed by atoms with Crippen LogP contribution in [0.5, 0.6) is 0 Å². The van der Waals surface area contributed by atoms with Crippen molar-refractivity contribution >= 4 is 5.97 Å². The molecule has 0 radical (unpaired) electrons. The molecule has 1 aliphatic carbocycles. The summed E-state index contributed by atoms with van der Waals surface area (Å²) in [6.07, 6.45) is 5.71. The van der Waals surface area contributed by atoms with Gasteiger partial charge in [0.25, 0.3) is 0 Å². The quantitative estimate of drug-likeness (QED) is 0.496. The fraction of sp³-hybridized carbons (Fsp3) is 0.444. The molecule has 60 valence electrons. The average Bonchev–Trinajstić information content (AvgIpc) is 2.69. The van der Waals surface area contributed by atoms with Crippen molar-refractivity contribution < 1.29 is 9.90 Å². The van der Waals surface area contributed by atoms with Crippen molar-refractivity contribution in [2.24, 2.45) is 5.41 Å². The van der Waals surface area contributed by atoms with E-state index < -0.39 is 5.97 Å². The summed E-state index contributed by atoms with van der Waals surface area (Å²) in [6, 6.07) is 0. The molecule has 0 heterocycles. The van der Waals surface area contributed by atoms with Gasteiger partial charge in [-0.3, -0.25) is 0 Å². The van der Waals surface area contributed by atoms with Crippen LogP contribution in [0, 0.1) is 5.41 Å². The first-order chi connectivity index (χ1) is 5.09. The molecule has 0 aromatic rings. The van der Waals surface area contributed by atoms with Gasteiger partial charge in [0.1, 0.15) is 0 Å². The first kappa shape index (κ1) is 8.05. The second kappa shape index (κ2) is 2.53. The van der Waals surface area contributed by atoms with Gasteiger partial charge in [0.15, 0.2) is 0 Å². The molecule has 2 heteroatoms. The number of carbonyl (C=O) groups is 1. The Bertz CT molecular complexity index is 222. The number of hydrogen-bond donors (Lipinski definition) is 1. The summed E-state index contributed by atoms with van der Waals surface area (Å²) in [6.45, 7) is 5.29. The van der Waals surface area contributed by atoms with E-state index in [1.54, 1.807) is 13.0 Å². The molecule has 0 spiro atoms. The largest absolute Gasteiger partial charge is 0.478 e. The molecule has 0 atom stereocenters. The molecule has 0 bridgehead atoms. The van der Waals surface area contributed by atoms with Gasteiger partial charge in [0.05, 0.1) is 0 Å². The van der Waals surface area contributed by atoms with Crippen molar-refractivity contribution in [2.75, 3.05) is 0 Å². The Morgan fingerprint density at radius 3 is 2.45 bits per heavy atom. The Morgan fingerprint density at radius 1 is 1.64 bits per heavy atom. The molecule has 1 aliphatic rings. The predicted octanol–water partition coefficient (Wildman–Crippen LogP) is 1.98. The average molecular weight is 152 g/mol. The molecule has 0 aliphatic heterocycles. The molecule has 1 saturated carbocycles. The first-order valence-electron chi connectivity index (χ1n) is 3.66. The van der Waals surface area contributed by atoms with E-state index in [1.165, 1.54) is 0 Å². The van der Waals surface area contributed by atoms with Gasteiger partial charge in [-0.15, -0.1) is 6.58 Å². The molecule has 0 unspecified atom stereocenters. The summed E-state index contributed by atoms with van der Waals surface area (Å²) in [7, 11) is 0. The highest BCUT2D eigenvalue weighted by Gasteiger charge is 2.37. The van der Waals surface area contributed by atoms with Crippen LogP contribution in [0.2, 0.25) is 0 Å². The second-order valence-corrected chi connectivity index (χ2v) is 3.07. The molecule has 1 rings (SSSR count). The molecule has 0 aromatic heterocycles. The van der Waals surface area contributed by atoms with Crippen molar-refractivity contribution in [3.8, 4) is 0 Å². The van der Waals surface area contributed by atoms with E-state index in [2.05, 4.69) is 6.58 Å². The van der Waals surface area contributed by atoms with Crippen LogP contribution in [0.4, 0.5) is 0 Å². The second-order valence-electron chi connectivity index (χ2n) is 3.07. The zero-order valence-electron chi connectivity index (χ0n) is 6.63. The van der Waals surface area contributed by atoms with Crippen molar-refractivity contribution in [1.29, 1.82) is 0 Å². The van der Waals surface area contributed by atoms with Crippen LogP contribution in [0.1, 0.15) is 19.8 Å². The van der Waals surface area contributed by atoms with Gasteiger partial charge in [0, 0.05) is 11.0 Å². The number of hydrogen-bond acceptors (Lipinski definition) is 1. The smallest absolute Gasteiger partial charge is 0.330 e. The maximum Gasteiger partial charge on any atom is 0.330 e. The lowest BCUT2D eigenvalue weighted by Gasteiger charge is -2.01. The van der Waals surface area contributed by atoms with E-state index in [0.717, 1.165) is 12.8 Å². The Hall–Kier alpha value is -1.05. The third kappa shape index (κ3) is 1.70. The number of carboxylic acids is 1. The van der Waals surface area contributed by atoms with E-state index in [1.807, 2.05) is 6.08 Å². The van der Waals surface area contributed by atoms with Gasteiger partial charge in [-0.1, -0.05) is 12.2 Å². The minimum absolute atomic E-state index is 0.0163. The van der Waals surface area contributed by atoms with Crippen LogP contribution in [-0.2, 0) is 4.79 Å². The molecule has 0 saturated heterocycles. The van der Waals surface area contributed by atoms with Crippen molar-refractivity contribution in [2.45, 2.75) is 19.8 Å². The monoisotopic (exact) mass is 152 g/mol. The zero-order chi connectivity index (χ0) is 8.48. The van der Waals surface area contributed by atoms with Gasteiger partial charge >= 0.3 is 5.97 Å². The van der Waals surface area contributed by atoms with Crippen LogP contribution in [0.25, 0.3) is 0 Å². The van der Waals surface area contributed by atoms with Crippen LogP contribution < -0.4 is 0 Å². The topological polar surface area (TPSA) is 37.3 Å². The number of rotatable bonds is 3. The van der Waals surface area contributed by atoms with E-state index in [9.17, 15) is 4.79 Å². The lowest BCUT2D eigenvalue weighted by molar-refractivity contribution is -0.132. The molecule has 11 heavy (non-hydrogen) atoms. The minimum Gasteiger partial charge on any atom is -0.478 e. The van der Waals surface area contributed by atoms with Gasteiger partial charge in [0.2, 0.25) is 0 Å². The fourth-order valence-corrected chi connectivity index (χ4v) is 1.04. The normalized spacial score (nSPS) is 21.0. The maximum absolute atomic E-state index is 10.4. The SMILES string of the molecule is C=CC1(C=C(C)C(=O)O)CC1. The lowest BCUT2D eigenvalue weighted by atomic mass is 10.0. The molecule has 1 fully saturated rings. The van der Waals surface area contributed by atoms with Gasteiger partial charge < -0.3 is 5.11 Å². The number of allylic oxidation sites excluding steroid dienone is 2. The summed E-state index contributed by atoms with van der Waals surface area (Å²) >= 11 is 0. The summed E-state index contributed by atoms with van der Waals surface area (Å²) < 4.78 is 0.